The van der Waals surface area contributed by atoms with Crippen LogP contribution in [0.4, 0.5) is 10.1 Å². The maximum atomic E-state index is 13.3. The van der Waals surface area contributed by atoms with Crippen LogP contribution >= 0.6 is 0 Å². The van der Waals surface area contributed by atoms with Gasteiger partial charge in [-0.25, -0.2) is 17.8 Å². The molecule has 0 spiro atoms. The van der Waals surface area contributed by atoms with Crippen LogP contribution in [0.25, 0.3) is 22.3 Å². The molecular formula is C25H16FN5O2S. The van der Waals surface area contributed by atoms with E-state index in [1.165, 1.54) is 30.6 Å². The molecular weight excluding hydrogens is 453 g/mol. The largest absolute Gasteiger partial charge is 0.278 e. The summed E-state index contributed by atoms with van der Waals surface area (Å²) in [6.45, 7) is 0. The number of H-pyrrole nitrogens is 1. The van der Waals surface area contributed by atoms with Crippen molar-refractivity contribution < 1.29 is 12.8 Å². The van der Waals surface area contributed by atoms with Crippen LogP contribution in [0, 0.1) is 17.7 Å². The Kier molecular flexibility index (Phi) is 5.49. The quantitative estimate of drug-likeness (QED) is 0.381. The molecule has 34 heavy (non-hydrogen) atoms. The summed E-state index contributed by atoms with van der Waals surface area (Å²) < 4.78 is 41.3. The standard InChI is InChI=1S/C25H16FN5O2S/c26-20-11-9-19(10-12-20)24-22-14-17(15-28-25(22)30-29-24)7-8-18-4-1-2-6-23(18)31-34(32,33)21-5-3-13-27-16-21/h1-6,9-16,31H,(H,28,29,30). The first kappa shape index (κ1) is 21.3. The van der Waals surface area contributed by atoms with Crippen LogP contribution in [0.1, 0.15) is 11.1 Å². The molecule has 0 unspecified atom stereocenters. The first-order valence-electron chi connectivity index (χ1n) is 10.1. The molecule has 0 bridgehead atoms. The van der Waals surface area contributed by atoms with Gasteiger partial charge in [-0.1, -0.05) is 24.0 Å². The van der Waals surface area contributed by atoms with Crippen LogP contribution in [-0.4, -0.2) is 28.6 Å². The number of fused-ring (bicyclic) bond motifs is 1. The van der Waals surface area contributed by atoms with Crippen LogP contribution in [0.3, 0.4) is 0 Å². The number of hydrogen-bond acceptors (Lipinski definition) is 5. The van der Waals surface area contributed by atoms with Gasteiger partial charge in [0.25, 0.3) is 10.0 Å². The predicted molar refractivity (Wildman–Crippen MR) is 127 cm³/mol. The zero-order valence-corrected chi connectivity index (χ0v) is 18.3. The average Bonchev–Trinajstić information content (AvgIpc) is 3.28. The highest BCUT2D eigenvalue weighted by molar-refractivity contribution is 7.92. The fourth-order valence-electron chi connectivity index (χ4n) is 3.34. The highest BCUT2D eigenvalue weighted by Crippen LogP contribution is 2.26. The number of nitrogens with zero attached hydrogens (tertiary/aromatic N) is 3. The number of nitrogens with one attached hydrogen (secondary N) is 2. The van der Waals surface area contributed by atoms with E-state index in [2.05, 4.69) is 36.7 Å². The van der Waals surface area contributed by atoms with Gasteiger partial charge in [0.2, 0.25) is 0 Å². The van der Waals surface area contributed by atoms with Crippen molar-refractivity contribution in [2.75, 3.05) is 4.72 Å². The summed E-state index contributed by atoms with van der Waals surface area (Å²) in [4.78, 5) is 8.26. The lowest BCUT2D eigenvalue weighted by atomic mass is 10.1. The summed E-state index contributed by atoms with van der Waals surface area (Å²) >= 11 is 0. The summed E-state index contributed by atoms with van der Waals surface area (Å²) in [5, 5.41) is 7.88. The Balaban J connectivity index is 1.48. The molecule has 0 aliphatic heterocycles. The molecule has 0 radical (unpaired) electrons. The molecule has 0 saturated heterocycles. The summed E-state index contributed by atoms with van der Waals surface area (Å²) in [5.74, 6) is 5.73. The Labute approximate surface area is 194 Å². The number of hydrogen-bond donors (Lipinski definition) is 2. The first-order chi connectivity index (χ1) is 16.5. The van der Waals surface area contributed by atoms with Crippen LogP contribution in [-0.2, 0) is 10.0 Å². The maximum absolute atomic E-state index is 13.3. The molecule has 2 N–H and O–H groups in total. The van der Waals surface area contributed by atoms with Crippen LogP contribution in [0.5, 0.6) is 0 Å². The van der Waals surface area contributed by atoms with Crippen molar-refractivity contribution in [3.8, 4) is 23.1 Å². The number of pyridine rings is 2. The summed E-state index contributed by atoms with van der Waals surface area (Å²) in [5.41, 5.74) is 3.45. The van der Waals surface area contributed by atoms with E-state index in [1.54, 1.807) is 48.7 Å². The lowest BCUT2D eigenvalue weighted by Crippen LogP contribution is -2.13. The molecule has 0 amide bonds. The molecule has 3 heterocycles. The monoisotopic (exact) mass is 469 g/mol. The molecule has 3 aromatic heterocycles. The highest BCUT2D eigenvalue weighted by Gasteiger charge is 2.15. The fraction of sp³-hybridized carbons (Fsp3) is 0. The minimum atomic E-state index is -3.81. The molecule has 7 nitrogen and oxygen atoms in total. The number of sulfonamides is 1. The third-order valence-electron chi connectivity index (χ3n) is 5.00. The van der Waals surface area contributed by atoms with Gasteiger partial charge >= 0.3 is 0 Å². The average molecular weight is 470 g/mol. The van der Waals surface area contributed by atoms with E-state index in [0.29, 0.717) is 28.2 Å². The van der Waals surface area contributed by atoms with Crippen molar-refractivity contribution >= 4 is 26.7 Å². The van der Waals surface area contributed by atoms with Gasteiger partial charge in [-0.3, -0.25) is 14.8 Å². The van der Waals surface area contributed by atoms with E-state index in [1.807, 2.05) is 6.07 Å². The van der Waals surface area contributed by atoms with Gasteiger partial charge in [0.15, 0.2) is 5.65 Å². The second-order valence-electron chi connectivity index (χ2n) is 7.29. The molecule has 9 heteroatoms. The number of rotatable bonds is 4. The molecule has 5 rings (SSSR count). The van der Waals surface area contributed by atoms with Crippen molar-refractivity contribution in [1.82, 2.24) is 20.2 Å². The maximum Gasteiger partial charge on any atom is 0.263 e. The molecule has 0 aliphatic carbocycles. The minimum Gasteiger partial charge on any atom is -0.278 e. The summed E-state index contributed by atoms with van der Waals surface area (Å²) in [6, 6.07) is 17.8. The van der Waals surface area contributed by atoms with Crippen molar-refractivity contribution in [3.05, 3.63) is 102 Å². The molecule has 0 atom stereocenters. The lowest BCUT2D eigenvalue weighted by molar-refractivity contribution is 0.601. The van der Waals surface area contributed by atoms with E-state index in [9.17, 15) is 12.8 Å². The molecule has 2 aromatic carbocycles. The van der Waals surface area contributed by atoms with Gasteiger partial charge in [0.05, 0.1) is 11.4 Å². The molecule has 0 saturated carbocycles. The zero-order chi connectivity index (χ0) is 23.5. The SMILES string of the molecule is O=S(=O)(Nc1ccccc1C#Cc1cnc2n[nH]c(-c3ccc(F)cc3)c2c1)c1cccnc1. The van der Waals surface area contributed by atoms with Crippen LogP contribution in [0.2, 0.25) is 0 Å². The number of aromatic nitrogens is 4. The van der Waals surface area contributed by atoms with Gasteiger partial charge in [-0.05, 0) is 54.6 Å². The topological polar surface area (TPSA) is 101 Å². The van der Waals surface area contributed by atoms with Crippen LogP contribution < -0.4 is 4.72 Å². The van der Waals surface area contributed by atoms with Gasteiger partial charge in [-0.2, -0.15) is 5.10 Å². The second-order valence-corrected chi connectivity index (χ2v) is 8.97. The zero-order valence-electron chi connectivity index (χ0n) is 17.5. The molecule has 166 valence electrons. The number of halogens is 1. The van der Waals surface area contributed by atoms with E-state index in [-0.39, 0.29) is 10.7 Å². The van der Waals surface area contributed by atoms with Gasteiger partial charge in [-0.15, -0.1) is 0 Å². The fourth-order valence-corrected chi connectivity index (χ4v) is 4.38. The molecule has 0 aliphatic rings. The third kappa shape index (κ3) is 4.35. The molecule has 0 fully saturated rings. The van der Waals surface area contributed by atoms with E-state index in [4.69, 9.17) is 0 Å². The van der Waals surface area contributed by atoms with E-state index in [0.717, 1.165) is 10.9 Å². The van der Waals surface area contributed by atoms with Gasteiger partial charge in [0, 0.05) is 40.7 Å². The van der Waals surface area contributed by atoms with E-state index < -0.39 is 10.0 Å². The Bertz CT molecular complexity index is 1650. The molecule has 5 aromatic rings. The number of aromatic amines is 1. The minimum absolute atomic E-state index is 0.0562. The Morgan fingerprint density at radius 3 is 2.56 bits per heavy atom. The predicted octanol–water partition coefficient (Wildman–Crippen LogP) is 4.36. The Hall–Kier alpha value is -4.55. The van der Waals surface area contributed by atoms with E-state index >= 15 is 0 Å². The number of benzene rings is 2. The Morgan fingerprint density at radius 2 is 1.76 bits per heavy atom. The third-order valence-corrected chi connectivity index (χ3v) is 6.35. The number of para-hydroxylation sites is 1. The number of anilines is 1. The highest BCUT2D eigenvalue weighted by atomic mass is 32.2. The van der Waals surface area contributed by atoms with Crippen molar-refractivity contribution in [2.24, 2.45) is 0 Å². The van der Waals surface area contributed by atoms with Crippen molar-refractivity contribution in [1.29, 1.82) is 0 Å². The van der Waals surface area contributed by atoms with Crippen molar-refractivity contribution in [2.45, 2.75) is 4.90 Å². The van der Waals surface area contributed by atoms with Gasteiger partial charge in [0.1, 0.15) is 10.7 Å². The normalized spacial score (nSPS) is 11.1. The summed E-state index contributed by atoms with van der Waals surface area (Å²) in [7, 11) is -3.81. The smallest absolute Gasteiger partial charge is 0.263 e. The van der Waals surface area contributed by atoms with Crippen LogP contribution in [0.15, 0.2) is 90.2 Å². The van der Waals surface area contributed by atoms with Crippen molar-refractivity contribution in [3.63, 3.8) is 0 Å². The lowest BCUT2D eigenvalue weighted by Gasteiger charge is -2.09. The second kappa shape index (κ2) is 8.77. The first-order valence-corrected chi connectivity index (χ1v) is 11.6. The summed E-state index contributed by atoms with van der Waals surface area (Å²) in [6.07, 6.45) is 4.37. The Morgan fingerprint density at radius 1 is 0.941 bits per heavy atom. The van der Waals surface area contributed by atoms with Gasteiger partial charge < -0.3 is 0 Å².